The van der Waals surface area contributed by atoms with Gasteiger partial charge in [0.1, 0.15) is 26.4 Å². The average Bonchev–Trinajstić information content (AvgIpc) is 1.48. The van der Waals surface area contributed by atoms with E-state index in [1.165, 1.54) is 9.80 Å². The lowest BCUT2D eigenvalue weighted by molar-refractivity contribution is -0.208. The van der Waals surface area contributed by atoms with E-state index in [-0.39, 0.29) is 32.5 Å². The number of amides is 2. The summed E-state index contributed by atoms with van der Waals surface area (Å²) in [4.78, 5) is 287. The molecule has 1 rings (SSSR count). The van der Waals surface area contributed by atoms with Gasteiger partial charge in [0.05, 0.1) is 39.0 Å². The van der Waals surface area contributed by atoms with Gasteiger partial charge in [-0.2, -0.15) is 0 Å². The predicted octanol–water partition coefficient (Wildman–Crippen LogP) is -4.90. The van der Waals surface area contributed by atoms with Gasteiger partial charge in [0.25, 0.3) is 11.8 Å². The van der Waals surface area contributed by atoms with Gasteiger partial charge in [0.15, 0.2) is 61.0 Å². The first kappa shape index (κ1) is 105. The number of nitrogens with one attached hydrogen (secondary N) is 4. The Morgan fingerprint density at radius 1 is 0.356 bits per heavy atom. The largest absolute Gasteiger partial charge is 0.480 e. The summed E-state index contributed by atoms with van der Waals surface area (Å²) in [5, 5.41) is 44.8. The van der Waals surface area contributed by atoms with E-state index in [4.69, 9.17) is 80.7 Å². The molecular formula is C69H103N7O42. The summed E-state index contributed by atoms with van der Waals surface area (Å²) < 4.78 is 80.5. The Morgan fingerprint density at radius 3 is 0.966 bits per heavy atom. The number of carbonyl (C=O) groups excluding carboxylic acids is 17. The van der Waals surface area contributed by atoms with Gasteiger partial charge in [-0.15, -0.1) is 0 Å². The van der Waals surface area contributed by atoms with Gasteiger partial charge < -0.3 is 107 Å². The molecule has 0 aromatic carbocycles. The summed E-state index contributed by atoms with van der Waals surface area (Å²) in [5.41, 5.74) is 2.77. The summed E-state index contributed by atoms with van der Waals surface area (Å²) in [6.07, 6.45) is -28.6. The van der Waals surface area contributed by atoms with Gasteiger partial charge in [0, 0.05) is 161 Å². The van der Waals surface area contributed by atoms with Crippen molar-refractivity contribution in [3.05, 3.63) is 0 Å². The monoisotopic (exact) mass is 1700 g/mol. The van der Waals surface area contributed by atoms with Crippen molar-refractivity contribution in [2.75, 3.05) is 105 Å². The molecule has 0 saturated carbocycles. The lowest BCUT2D eigenvalue weighted by atomic mass is 9.87. The number of hydroxylamine groups is 2. The van der Waals surface area contributed by atoms with Crippen LogP contribution in [0, 0.1) is 11.3 Å². The fourth-order valence-electron chi connectivity index (χ4n) is 11.7. The molecule has 0 spiro atoms. The van der Waals surface area contributed by atoms with Crippen molar-refractivity contribution >= 4 is 125 Å². The second-order valence-electron chi connectivity index (χ2n) is 26.2. The first-order valence-corrected chi connectivity index (χ1v) is 35.8. The van der Waals surface area contributed by atoms with Gasteiger partial charge in [0.2, 0.25) is 12.2 Å². The number of carboxylic acid groups (broad SMARTS) is 4. The van der Waals surface area contributed by atoms with Crippen LogP contribution in [0.2, 0.25) is 0 Å². The molecule has 0 aromatic rings. The zero-order valence-electron chi connectivity index (χ0n) is 67.5. The number of hydrogen-bond donors (Lipinski definition) is 8. The predicted molar refractivity (Wildman–Crippen MR) is 380 cm³/mol. The Balaban J connectivity index is 4.94. The molecule has 1 saturated heterocycles. The molecule has 2 amide bonds. The quantitative estimate of drug-likeness (QED) is 0.0122. The second kappa shape index (κ2) is 53.0. The van der Waals surface area contributed by atoms with Crippen LogP contribution in [-0.2, 0) is 181 Å². The van der Waals surface area contributed by atoms with Crippen LogP contribution in [0.4, 0.5) is 0 Å². The van der Waals surface area contributed by atoms with E-state index in [0.717, 1.165) is 109 Å². The second-order valence-corrected chi connectivity index (χ2v) is 26.2. The van der Waals surface area contributed by atoms with Crippen molar-refractivity contribution in [1.82, 2.24) is 36.3 Å². The third kappa shape index (κ3) is 42.5. The van der Waals surface area contributed by atoms with Crippen molar-refractivity contribution in [3.63, 3.8) is 0 Å². The average molecular weight is 1700 g/mol. The lowest BCUT2D eigenvalue weighted by Gasteiger charge is -2.41. The van der Waals surface area contributed by atoms with Gasteiger partial charge in [-0.1, -0.05) is 0 Å². The Bertz CT molecular complexity index is 3390. The number of nitrogens with zero attached hydrogens (tertiary/aromatic N) is 3. The summed E-state index contributed by atoms with van der Waals surface area (Å²) in [6.45, 7) is -0.325. The molecule has 0 aliphatic carbocycles. The maximum absolute atomic E-state index is 15.3. The molecule has 14 unspecified atom stereocenters. The van der Waals surface area contributed by atoms with Crippen molar-refractivity contribution in [2.45, 2.75) is 196 Å². The highest BCUT2D eigenvalue weighted by molar-refractivity contribution is 5.86. The number of carboxylic acids is 4. The number of aliphatic carboxylic acids is 4. The molecule has 1 aliphatic heterocycles. The van der Waals surface area contributed by atoms with E-state index in [1.54, 1.807) is 0 Å². The summed E-state index contributed by atoms with van der Waals surface area (Å²) in [6, 6.07) is 0. The van der Waals surface area contributed by atoms with Crippen LogP contribution < -0.4 is 21.6 Å². The highest BCUT2D eigenvalue weighted by Crippen LogP contribution is 2.29. The number of esters is 15. The van der Waals surface area contributed by atoms with E-state index in [9.17, 15) is 112 Å². The van der Waals surface area contributed by atoms with Crippen LogP contribution >= 0.6 is 0 Å². The van der Waals surface area contributed by atoms with Crippen LogP contribution in [0.3, 0.4) is 0 Å². The summed E-state index contributed by atoms with van der Waals surface area (Å²) >= 11 is 0. The van der Waals surface area contributed by atoms with Crippen LogP contribution in [0.25, 0.3) is 0 Å². The molecule has 49 heteroatoms. The molecule has 1 fully saturated rings. The van der Waals surface area contributed by atoms with Crippen molar-refractivity contribution in [2.24, 2.45) is 11.3 Å². The third-order valence-electron chi connectivity index (χ3n) is 15.8. The molecule has 0 radical (unpaired) electrons. The van der Waals surface area contributed by atoms with E-state index in [2.05, 4.69) is 21.6 Å². The zero-order valence-corrected chi connectivity index (χ0v) is 67.5. The van der Waals surface area contributed by atoms with Crippen LogP contribution in [0.5, 0.6) is 0 Å². The number of hydrogen-bond acceptors (Lipinski definition) is 43. The van der Waals surface area contributed by atoms with E-state index in [0.29, 0.717) is 0 Å². The van der Waals surface area contributed by atoms with Crippen LogP contribution in [0.15, 0.2) is 0 Å². The Labute approximate surface area is 673 Å². The molecule has 49 nitrogen and oxygen atoms in total. The van der Waals surface area contributed by atoms with E-state index >= 15 is 9.59 Å². The molecule has 666 valence electrons. The smallest absolute Gasteiger partial charge is 0.317 e. The highest BCUT2D eigenvalue weighted by Gasteiger charge is 2.51. The van der Waals surface area contributed by atoms with Crippen LogP contribution in [0.1, 0.15) is 117 Å². The molecule has 1 aliphatic rings. The molecular weight excluding hydrogens is 1600 g/mol. The Hall–Kier alpha value is -11.4. The van der Waals surface area contributed by atoms with Crippen LogP contribution in [-0.4, -0.2) is 345 Å². The minimum atomic E-state index is -2.60. The minimum absolute atomic E-state index is 0.126. The SMILES string of the molecule is CC(=O)OCC(OC(C)=O)C(OC(C)=O)C(OC(C)=O)C(CONCC(CNOCCCC1CN(CC(=O)O)CCN(CC(=O)O)C1N(CC(=O)O)CC(=O)O)(CNC(=O)C(OC(C)=O)C(OC(C)=O)C(OC(C)=O)C(COC(C)=O)OC(C)=O)CNC(=O)C(OC(C)=O)C(OC(C)=O)C(OC(C)=O)C(COC(C)=O)OC(C)=O)OC(C)=O. The number of carbonyl (C=O) groups is 21. The van der Waals surface area contributed by atoms with Gasteiger partial charge in [-0.25, -0.2) is 11.0 Å². The lowest BCUT2D eigenvalue weighted by Crippen LogP contribution is -2.61. The number of ether oxygens (including phenoxy) is 15. The topological polar surface area (TPSA) is 654 Å². The molecule has 118 heavy (non-hydrogen) atoms. The van der Waals surface area contributed by atoms with Crippen molar-refractivity contribution < 1.29 is 202 Å². The maximum atomic E-state index is 15.3. The first-order chi connectivity index (χ1) is 55.0. The summed E-state index contributed by atoms with van der Waals surface area (Å²) in [5.74, 6) is -28.0. The maximum Gasteiger partial charge on any atom is 0.317 e. The van der Waals surface area contributed by atoms with Crippen molar-refractivity contribution in [1.29, 1.82) is 0 Å². The van der Waals surface area contributed by atoms with Gasteiger partial charge in [-0.3, -0.25) is 120 Å². The summed E-state index contributed by atoms with van der Waals surface area (Å²) in [7, 11) is 0. The molecule has 0 bridgehead atoms. The number of rotatable bonds is 54. The molecule has 1 heterocycles. The zero-order chi connectivity index (χ0) is 90.0. The standard InChI is InChI=1S/C69H103N7O42/c1-34(77)102-26-50(107-37(4)80)58(111-41(8)84)59(112-42(9)85)53(110-40(7)83)29-106-73-33-69(30-70-66(100)64(117-47(14)90)62(115-45(12)88)60(113-43(10)86)51(108-38(5)81)27-103-35(2)78,31-71-67(101)65(118-48(15)91)63(116-46(13)89)61(114-44(11)87)52(109-39(6)82)28-104-36(3)79)32-72-105-20-16-17-49-21-74(22-54(92)93)18-19-75(23-55(94)95)68(49)76(24-56(96)97)25-57(98)99/h49-53,58-65,68,72-73H,16-33H2,1-15H3,(H,70,100)(H,71,101)(H,92,93)(H,94,95)(H,96,97)(H,98,99). The van der Waals surface area contributed by atoms with E-state index in [1.807, 2.05) is 0 Å². The highest BCUT2D eigenvalue weighted by atomic mass is 16.7. The Kier molecular flexibility index (Phi) is 47.0. The fourth-order valence-corrected chi connectivity index (χ4v) is 11.7. The third-order valence-corrected chi connectivity index (χ3v) is 15.8. The van der Waals surface area contributed by atoms with Gasteiger partial charge >= 0.3 is 113 Å². The normalized spacial score (nSPS) is 17.0. The molecule has 8 N–H and O–H groups in total. The molecule has 0 aromatic heterocycles. The minimum Gasteiger partial charge on any atom is -0.480 e. The fraction of sp³-hybridized carbons (Fsp3) is 0.696. The Morgan fingerprint density at radius 2 is 0.661 bits per heavy atom. The van der Waals surface area contributed by atoms with Crippen molar-refractivity contribution in [3.8, 4) is 0 Å². The van der Waals surface area contributed by atoms with Gasteiger partial charge in [-0.05, 0) is 12.8 Å². The molecule has 14 atom stereocenters. The van der Waals surface area contributed by atoms with E-state index < -0.39 is 301 Å². The first-order valence-electron chi connectivity index (χ1n) is 35.8.